The predicted octanol–water partition coefficient (Wildman–Crippen LogP) is 13.7. The number of hydrogen-bond donors (Lipinski definition) is 2. The second-order valence-electron chi connectivity index (χ2n) is 17.8. The monoisotopic (exact) mass is 819 g/mol. The smallest absolute Gasteiger partial charge is 0.306 e. The van der Waals surface area contributed by atoms with Gasteiger partial charge in [0.15, 0.2) is 0 Å². The summed E-state index contributed by atoms with van der Waals surface area (Å²) in [6.07, 6.45) is 41.9. The SMILES string of the molecule is CCCCCCCCCCCCCCCCCC(=O)OC1CC(NC(=O)CCC(=O)NCCCC)CC(OC(=O)CCCCCCCCCCCCCCCCC)C1. The summed E-state index contributed by atoms with van der Waals surface area (Å²) in [7, 11) is 0. The Labute approximate surface area is 358 Å². The van der Waals surface area contributed by atoms with Crippen molar-refractivity contribution in [2.75, 3.05) is 6.54 Å². The third-order valence-corrected chi connectivity index (χ3v) is 12.0. The molecule has 1 saturated carbocycles. The van der Waals surface area contributed by atoms with Crippen LogP contribution in [0.4, 0.5) is 0 Å². The number of ether oxygens (including phenoxy) is 2. The summed E-state index contributed by atoms with van der Waals surface area (Å²) in [6, 6.07) is -0.281. The number of esters is 2. The minimum Gasteiger partial charge on any atom is -0.462 e. The average Bonchev–Trinajstić information content (AvgIpc) is 3.20. The molecule has 340 valence electrons. The van der Waals surface area contributed by atoms with Gasteiger partial charge in [0.05, 0.1) is 0 Å². The van der Waals surface area contributed by atoms with Gasteiger partial charge in [-0.3, -0.25) is 19.2 Å². The lowest BCUT2D eigenvalue weighted by atomic mass is 9.90. The van der Waals surface area contributed by atoms with Gasteiger partial charge in [-0.1, -0.05) is 207 Å². The lowest BCUT2D eigenvalue weighted by Crippen LogP contribution is -2.46. The molecule has 2 unspecified atom stereocenters. The first-order valence-electron chi connectivity index (χ1n) is 25.3. The van der Waals surface area contributed by atoms with E-state index in [0.717, 1.165) is 51.4 Å². The Bertz CT molecular complexity index is 933. The van der Waals surface area contributed by atoms with E-state index in [-0.39, 0.29) is 42.6 Å². The van der Waals surface area contributed by atoms with Gasteiger partial charge in [0, 0.05) is 57.5 Å². The highest BCUT2D eigenvalue weighted by Gasteiger charge is 2.34. The molecule has 0 aromatic heterocycles. The van der Waals surface area contributed by atoms with Crippen molar-refractivity contribution in [3.63, 3.8) is 0 Å². The lowest BCUT2D eigenvalue weighted by Gasteiger charge is -2.34. The summed E-state index contributed by atoms with van der Waals surface area (Å²) in [5.41, 5.74) is 0. The van der Waals surface area contributed by atoms with E-state index >= 15 is 0 Å². The van der Waals surface area contributed by atoms with Crippen molar-refractivity contribution in [3.8, 4) is 0 Å². The van der Waals surface area contributed by atoms with E-state index in [2.05, 4.69) is 31.4 Å². The lowest BCUT2D eigenvalue weighted by molar-refractivity contribution is -0.160. The van der Waals surface area contributed by atoms with Crippen molar-refractivity contribution in [3.05, 3.63) is 0 Å². The van der Waals surface area contributed by atoms with Gasteiger partial charge in [-0.2, -0.15) is 0 Å². The first-order chi connectivity index (χ1) is 28.4. The van der Waals surface area contributed by atoms with E-state index in [1.165, 1.54) is 154 Å². The molecule has 8 heteroatoms. The van der Waals surface area contributed by atoms with Gasteiger partial charge in [-0.05, 0) is 19.3 Å². The number of nitrogens with one attached hydrogen (secondary N) is 2. The summed E-state index contributed by atoms with van der Waals surface area (Å²) < 4.78 is 11.9. The number of rotatable bonds is 41. The topological polar surface area (TPSA) is 111 Å². The van der Waals surface area contributed by atoms with Crippen LogP contribution in [-0.4, -0.2) is 48.5 Å². The van der Waals surface area contributed by atoms with Crippen molar-refractivity contribution in [2.24, 2.45) is 0 Å². The predicted molar refractivity (Wildman–Crippen MR) is 242 cm³/mol. The van der Waals surface area contributed by atoms with Crippen LogP contribution in [0.5, 0.6) is 0 Å². The van der Waals surface area contributed by atoms with Crippen molar-refractivity contribution < 1.29 is 28.7 Å². The third-order valence-electron chi connectivity index (χ3n) is 12.0. The molecule has 0 saturated heterocycles. The summed E-state index contributed by atoms with van der Waals surface area (Å²) >= 11 is 0. The molecular formula is C50H94N2O6. The molecule has 0 aromatic carbocycles. The molecule has 1 aliphatic carbocycles. The molecule has 0 aliphatic heterocycles. The van der Waals surface area contributed by atoms with Crippen molar-refractivity contribution >= 4 is 23.8 Å². The standard InChI is InChI=1S/C50H94N2O6/c1-4-7-10-12-14-16-18-20-22-24-26-28-30-32-34-36-49(55)57-45-41-44(52-48(54)39-38-47(53)51-40-9-6-3)42-46(43-45)58-50(56)37-35-33-31-29-27-25-23-21-19-17-15-13-11-8-5-2/h44-46H,4-43H2,1-3H3,(H,51,53)(H,52,54). The van der Waals surface area contributed by atoms with Gasteiger partial charge in [0.1, 0.15) is 12.2 Å². The van der Waals surface area contributed by atoms with Crippen LogP contribution in [0.3, 0.4) is 0 Å². The number of carbonyl (C=O) groups is 4. The fourth-order valence-electron chi connectivity index (χ4n) is 8.32. The highest BCUT2D eigenvalue weighted by molar-refractivity contribution is 5.83. The summed E-state index contributed by atoms with van der Waals surface area (Å²) in [5, 5.41) is 5.91. The molecule has 2 atom stereocenters. The molecule has 0 bridgehead atoms. The summed E-state index contributed by atoms with van der Waals surface area (Å²) in [5.74, 6) is -0.747. The zero-order chi connectivity index (χ0) is 42.2. The Morgan fingerprint density at radius 3 is 1.03 bits per heavy atom. The molecule has 1 rings (SSSR count). The van der Waals surface area contributed by atoms with E-state index in [1.807, 2.05) is 0 Å². The highest BCUT2D eigenvalue weighted by atomic mass is 16.6. The number of unbranched alkanes of at least 4 members (excludes halogenated alkanes) is 29. The van der Waals surface area contributed by atoms with Gasteiger partial charge < -0.3 is 20.1 Å². The second-order valence-corrected chi connectivity index (χ2v) is 17.8. The molecule has 0 radical (unpaired) electrons. The minimum atomic E-state index is -0.413. The fourth-order valence-corrected chi connectivity index (χ4v) is 8.32. The van der Waals surface area contributed by atoms with Gasteiger partial charge >= 0.3 is 11.9 Å². The quantitative estimate of drug-likeness (QED) is 0.0469. The largest absolute Gasteiger partial charge is 0.462 e. The van der Waals surface area contributed by atoms with Gasteiger partial charge in [-0.25, -0.2) is 0 Å². The first-order valence-corrected chi connectivity index (χ1v) is 25.3. The molecule has 1 aliphatic rings. The summed E-state index contributed by atoms with van der Waals surface area (Å²) in [4.78, 5) is 50.8. The zero-order valence-corrected chi connectivity index (χ0v) is 38.5. The van der Waals surface area contributed by atoms with Crippen molar-refractivity contribution in [2.45, 2.75) is 289 Å². The van der Waals surface area contributed by atoms with Crippen LogP contribution in [0, 0.1) is 0 Å². The maximum atomic E-state index is 12.9. The van der Waals surface area contributed by atoms with E-state index < -0.39 is 12.2 Å². The Morgan fingerprint density at radius 2 is 0.690 bits per heavy atom. The molecule has 0 heterocycles. The Balaban J connectivity index is 2.35. The van der Waals surface area contributed by atoms with E-state index in [4.69, 9.17) is 9.47 Å². The van der Waals surface area contributed by atoms with E-state index in [0.29, 0.717) is 38.6 Å². The Morgan fingerprint density at radius 1 is 0.379 bits per heavy atom. The van der Waals surface area contributed by atoms with E-state index in [9.17, 15) is 19.2 Å². The third kappa shape index (κ3) is 34.7. The van der Waals surface area contributed by atoms with Crippen LogP contribution in [0.25, 0.3) is 0 Å². The first kappa shape index (κ1) is 53.9. The Hall–Kier alpha value is -2.12. The highest BCUT2D eigenvalue weighted by Crippen LogP contribution is 2.26. The number of hydrogen-bond acceptors (Lipinski definition) is 6. The molecule has 8 nitrogen and oxygen atoms in total. The van der Waals surface area contributed by atoms with E-state index in [1.54, 1.807) is 0 Å². The van der Waals surface area contributed by atoms with Gasteiger partial charge in [0.25, 0.3) is 0 Å². The number of carbonyl (C=O) groups excluding carboxylic acids is 4. The Kier molecular flexibility index (Phi) is 37.4. The molecule has 2 N–H and O–H groups in total. The molecule has 1 fully saturated rings. The van der Waals surface area contributed by atoms with Crippen LogP contribution in [0.15, 0.2) is 0 Å². The van der Waals surface area contributed by atoms with Crippen LogP contribution >= 0.6 is 0 Å². The van der Waals surface area contributed by atoms with Crippen LogP contribution in [0.1, 0.15) is 271 Å². The number of amides is 2. The zero-order valence-electron chi connectivity index (χ0n) is 38.5. The van der Waals surface area contributed by atoms with Crippen molar-refractivity contribution in [1.82, 2.24) is 10.6 Å². The normalized spacial score (nSPS) is 16.6. The van der Waals surface area contributed by atoms with Crippen LogP contribution in [0.2, 0.25) is 0 Å². The summed E-state index contributed by atoms with van der Waals surface area (Å²) in [6.45, 7) is 7.24. The van der Waals surface area contributed by atoms with Crippen LogP contribution < -0.4 is 10.6 Å². The maximum Gasteiger partial charge on any atom is 0.306 e. The average molecular weight is 819 g/mol. The maximum absolute atomic E-state index is 12.9. The molecule has 58 heavy (non-hydrogen) atoms. The second kappa shape index (κ2) is 40.3. The van der Waals surface area contributed by atoms with Crippen molar-refractivity contribution in [1.29, 1.82) is 0 Å². The molecular weight excluding hydrogens is 725 g/mol. The molecule has 0 aromatic rings. The van der Waals surface area contributed by atoms with Crippen LogP contribution in [-0.2, 0) is 28.7 Å². The molecule has 0 spiro atoms. The fraction of sp³-hybridized carbons (Fsp3) is 0.920. The van der Waals surface area contributed by atoms with Gasteiger partial charge in [0.2, 0.25) is 11.8 Å². The molecule has 2 amide bonds. The van der Waals surface area contributed by atoms with Gasteiger partial charge in [-0.15, -0.1) is 0 Å². The minimum absolute atomic E-state index is 0.0990.